The maximum Gasteiger partial charge on any atom is 0.259 e. The van der Waals surface area contributed by atoms with Gasteiger partial charge in [0.05, 0.1) is 23.5 Å². The molecular formula is C18H22N4O2S. The zero-order valence-electron chi connectivity index (χ0n) is 14.4. The lowest BCUT2D eigenvalue weighted by atomic mass is 10.2. The second-order valence-electron chi connectivity index (χ2n) is 6.87. The van der Waals surface area contributed by atoms with Crippen molar-refractivity contribution in [3.63, 3.8) is 0 Å². The van der Waals surface area contributed by atoms with Gasteiger partial charge < -0.3 is 9.64 Å². The van der Waals surface area contributed by atoms with Gasteiger partial charge in [-0.2, -0.15) is 0 Å². The number of hydrogen-bond donors (Lipinski definition) is 1. The molecule has 0 radical (unpaired) electrons. The number of carbonyl (C=O) groups is 1. The van der Waals surface area contributed by atoms with Crippen LogP contribution in [0.5, 0.6) is 0 Å². The molecule has 1 amide bonds. The molecule has 6 nitrogen and oxygen atoms in total. The molecule has 25 heavy (non-hydrogen) atoms. The Hall–Kier alpha value is -1.99. The van der Waals surface area contributed by atoms with E-state index in [-0.39, 0.29) is 18.1 Å². The number of nitrogens with one attached hydrogen (secondary N) is 1. The number of morpholine rings is 1. The van der Waals surface area contributed by atoms with Gasteiger partial charge in [-0.25, -0.2) is 9.97 Å². The maximum atomic E-state index is 12.4. The first kappa shape index (κ1) is 16.5. The Labute approximate surface area is 151 Å². The third-order valence-corrected chi connectivity index (χ3v) is 5.27. The van der Waals surface area contributed by atoms with Crippen molar-refractivity contribution in [1.29, 1.82) is 0 Å². The number of amides is 1. The highest BCUT2D eigenvalue weighted by Crippen LogP contribution is 2.40. The topological polar surface area (TPSA) is 67.4 Å². The van der Waals surface area contributed by atoms with E-state index in [1.54, 1.807) is 6.20 Å². The molecule has 1 saturated carbocycles. The van der Waals surface area contributed by atoms with Crippen LogP contribution in [0.15, 0.2) is 23.7 Å². The third kappa shape index (κ3) is 3.82. The number of anilines is 2. The molecule has 1 aliphatic carbocycles. The molecular weight excluding hydrogens is 336 g/mol. The van der Waals surface area contributed by atoms with Crippen LogP contribution in [0, 0.1) is 0 Å². The van der Waals surface area contributed by atoms with Gasteiger partial charge in [0.1, 0.15) is 5.82 Å². The van der Waals surface area contributed by atoms with Crippen molar-refractivity contribution >= 4 is 28.2 Å². The van der Waals surface area contributed by atoms with E-state index in [1.165, 1.54) is 24.2 Å². The van der Waals surface area contributed by atoms with E-state index in [4.69, 9.17) is 4.74 Å². The maximum absolute atomic E-state index is 12.4. The van der Waals surface area contributed by atoms with Crippen molar-refractivity contribution in [3.05, 3.63) is 35.0 Å². The van der Waals surface area contributed by atoms with E-state index in [9.17, 15) is 4.79 Å². The van der Waals surface area contributed by atoms with Crippen LogP contribution >= 0.6 is 11.3 Å². The molecule has 132 valence electrons. The molecule has 0 unspecified atom stereocenters. The summed E-state index contributed by atoms with van der Waals surface area (Å²) in [5, 5.41) is 5.57. The minimum atomic E-state index is -0.167. The Bertz CT molecular complexity index is 747. The van der Waals surface area contributed by atoms with Crippen LogP contribution in [-0.2, 0) is 4.74 Å². The first-order valence-corrected chi connectivity index (χ1v) is 9.59. The molecule has 1 N–H and O–H groups in total. The van der Waals surface area contributed by atoms with Gasteiger partial charge in [-0.15, -0.1) is 11.3 Å². The molecule has 2 atom stereocenters. The molecule has 4 rings (SSSR count). The van der Waals surface area contributed by atoms with Gasteiger partial charge in [-0.3, -0.25) is 10.1 Å². The number of rotatable bonds is 4. The highest BCUT2D eigenvalue weighted by Gasteiger charge is 2.26. The van der Waals surface area contributed by atoms with Gasteiger partial charge in [0, 0.05) is 30.6 Å². The summed E-state index contributed by atoms with van der Waals surface area (Å²) in [6.45, 7) is 5.75. The SMILES string of the molecule is C[C@@H]1CN(c2ccc(C(=O)Nc3nc(C4CC4)cs3)cn2)C[C@@H](C)O1. The molecule has 3 heterocycles. The summed E-state index contributed by atoms with van der Waals surface area (Å²) >= 11 is 1.48. The average Bonchev–Trinajstić information content (AvgIpc) is 3.34. The Morgan fingerprint density at radius 1 is 1.28 bits per heavy atom. The van der Waals surface area contributed by atoms with Crippen molar-refractivity contribution in [2.45, 2.75) is 44.8 Å². The van der Waals surface area contributed by atoms with E-state index in [0.29, 0.717) is 16.6 Å². The lowest BCUT2D eigenvalue weighted by molar-refractivity contribution is -0.00546. The molecule has 2 aliphatic rings. The number of pyridine rings is 1. The van der Waals surface area contributed by atoms with Gasteiger partial charge in [0.25, 0.3) is 5.91 Å². The van der Waals surface area contributed by atoms with Crippen molar-refractivity contribution in [1.82, 2.24) is 9.97 Å². The number of aromatic nitrogens is 2. The van der Waals surface area contributed by atoms with E-state index >= 15 is 0 Å². The number of thiazole rings is 1. The fraction of sp³-hybridized carbons (Fsp3) is 0.500. The van der Waals surface area contributed by atoms with E-state index < -0.39 is 0 Å². The molecule has 2 aromatic rings. The minimum absolute atomic E-state index is 0.167. The predicted molar refractivity (Wildman–Crippen MR) is 98.5 cm³/mol. The largest absolute Gasteiger partial charge is 0.372 e. The summed E-state index contributed by atoms with van der Waals surface area (Å²) in [6.07, 6.45) is 4.41. The number of ether oxygens (including phenoxy) is 1. The first-order chi connectivity index (χ1) is 12.1. The van der Waals surface area contributed by atoms with Crippen LogP contribution in [0.4, 0.5) is 10.9 Å². The second kappa shape index (κ2) is 6.72. The van der Waals surface area contributed by atoms with Crippen molar-refractivity contribution in [2.24, 2.45) is 0 Å². The molecule has 2 aromatic heterocycles. The fourth-order valence-corrected chi connectivity index (χ4v) is 3.94. The lowest BCUT2D eigenvalue weighted by Gasteiger charge is -2.36. The van der Waals surface area contributed by atoms with Gasteiger partial charge >= 0.3 is 0 Å². The summed E-state index contributed by atoms with van der Waals surface area (Å²) in [4.78, 5) is 23.5. The highest BCUT2D eigenvalue weighted by atomic mass is 32.1. The predicted octanol–water partition coefficient (Wildman–Crippen LogP) is 3.28. The second-order valence-corrected chi connectivity index (χ2v) is 7.73. The Kier molecular flexibility index (Phi) is 4.43. The molecule has 2 fully saturated rings. The van der Waals surface area contributed by atoms with Gasteiger partial charge in [-0.1, -0.05) is 0 Å². The molecule has 7 heteroatoms. The van der Waals surface area contributed by atoms with E-state index in [0.717, 1.165) is 24.6 Å². The Balaban J connectivity index is 1.41. The molecule has 0 spiro atoms. The van der Waals surface area contributed by atoms with Crippen molar-refractivity contribution in [2.75, 3.05) is 23.3 Å². The summed E-state index contributed by atoms with van der Waals surface area (Å²) < 4.78 is 5.75. The quantitative estimate of drug-likeness (QED) is 0.908. The summed E-state index contributed by atoms with van der Waals surface area (Å²) in [7, 11) is 0. The first-order valence-electron chi connectivity index (χ1n) is 8.71. The Morgan fingerprint density at radius 2 is 2.04 bits per heavy atom. The van der Waals surface area contributed by atoms with Crippen LogP contribution in [0.3, 0.4) is 0 Å². The smallest absolute Gasteiger partial charge is 0.259 e. The summed E-state index contributed by atoms with van der Waals surface area (Å²) in [6, 6.07) is 3.72. The fourth-order valence-electron chi connectivity index (χ4n) is 3.15. The van der Waals surface area contributed by atoms with Crippen molar-refractivity contribution < 1.29 is 9.53 Å². The minimum Gasteiger partial charge on any atom is -0.372 e. The van der Waals surface area contributed by atoms with Crippen LogP contribution < -0.4 is 10.2 Å². The summed E-state index contributed by atoms with van der Waals surface area (Å²) in [5.41, 5.74) is 1.64. The highest BCUT2D eigenvalue weighted by molar-refractivity contribution is 7.14. The summed E-state index contributed by atoms with van der Waals surface area (Å²) in [5.74, 6) is 1.31. The van der Waals surface area contributed by atoms with Crippen LogP contribution in [-0.4, -0.2) is 41.2 Å². The van der Waals surface area contributed by atoms with Crippen LogP contribution in [0.2, 0.25) is 0 Å². The number of carbonyl (C=O) groups excluding carboxylic acids is 1. The van der Waals surface area contributed by atoms with Crippen molar-refractivity contribution in [3.8, 4) is 0 Å². The molecule has 1 aliphatic heterocycles. The third-order valence-electron chi connectivity index (χ3n) is 4.49. The van der Waals surface area contributed by atoms with Gasteiger partial charge in [0.2, 0.25) is 0 Å². The van der Waals surface area contributed by atoms with E-state index in [2.05, 4.69) is 34.0 Å². The van der Waals surface area contributed by atoms with Gasteiger partial charge in [-0.05, 0) is 38.8 Å². The zero-order chi connectivity index (χ0) is 17.4. The lowest BCUT2D eigenvalue weighted by Crippen LogP contribution is -2.45. The number of nitrogens with zero attached hydrogens (tertiary/aromatic N) is 3. The Morgan fingerprint density at radius 3 is 2.68 bits per heavy atom. The molecule has 0 aromatic carbocycles. The van der Waals surface area contributed by atoms with Crippen LogP contribution in [0.1, 0.15) is 48.7 Å². The average molecular weight is 358 g/mol. The van der Waals surface area contributed by atoms with Crippen LogP contribution in [0.25, 0.3) is 0 Å². The van der Waals surface area contributed by atoms with E-state index in [1.807, 2.05) is 17.5 Å². The molecule has 0 bridgehead atoms. The monoisotopic (exact) mass is 358 g/mol. The normalized spacial score (nSPS) is 23.5. The number of hydrogen-bond acceptors (Lipinski definition) is 6. The zero-order valence-corrected chi connectivity index (χ0v) is 15.3. The van der Waals surface area contributed by atoms with Gasteiger partial charge in [0.15, 0.2) is 5.13 Å². The standard InChI is InChI=1S/C18H22N4O2S/c1-11-8-22(9-12(2)24-11)16-6-5-14(7-19-16)17(23)21-18-20-15(10-25-18)13-3-4-13/h5-7,10-13H,3-4,8-9H2,1-2H3,(H,20,21,23)/t11-,12-/m1/s1. The molecule has 1 saturated heterocycles.